The molecule has 1 amide bonds. The number of nitrogens with zero attached hydrogens (tertiary/aromatic N) is 3. The Morgan fingerprint density at radius 2 is 1.87 bits per heavy atom. The average Bonchev–Trinajstić information content (AvgIpc) is 3.41. The van der Waals surface area contributed by atoms with Crippen LogP contribution in [-0.4, -0.2) is 32.9 Å². The standard InChI is InChI=1S/C22H21N5O3S/c1-3-14-4-6-15(7-5-14)18-12-20(30-26-18)23-19(28)13-27-21(24-25-22(27)31)16-8-10-17(29-2)11-9-16/h4-12H,3,13H2,1-2H3,(H,23,28)(H,25,31). The van der Waals surface area contributed by atoms with E-state index in [1.165, 1.54) is 5.56 Å². The van der Waals surface area contributed by atoms with Gasteiger partial charge in [-0.25, -0.2) is 0 Å². The molecule has 9 heteroatoms. The third kappa shape index (κ3) is 4.56. The van der Waals surface area contributed by atoms with Crippen molar-refractivity contribution in [1.29, 1.82) is 0 Å². The molecule has 0 unspecified atom stereocenters. The van der Waals surface area contributed by atoms with Crippen molar-refractivity contribution in [3.8, 4) is 28.4 Å². The second-order valence-electron chi connectivity index (χ2n) is 6.84. The average molecular weight is 436 g/mol. The first-order valence-corrected chi connectivity index (χ1v) is 10.1. The number of anilines is 1. The van der Waals surface area contributed by atoms with Crippen molar-refractivity contribution in [2.75, 3.05) is 12.4 Å². The highest BCUT2D eigenvalue weighted by Gasteiger charge is 2.15. The molecule has 0 aliphatic carbocycles. The van der Waals surface area contributed by atoms with Gasteiger partial charge in [-0.15, -0.1) is 0 Å². The second kappa shape index (κ2) is 8.97. The first kappa shape index (κ1) is 20.5. The van der Waals surface area contributed by atoms with Crippen molar-refractivity contribution in [3.05, 3.63) is 64.9 Å². The van der Waals surface area contributed by atoms with Crippen LogP contribution in [0, 0.1) is 4.77 Å². The predicted molar refractivity (Wildman–Crippen MR) is 119 cm³/mol. The first-order chi connectivity index (χ1) is 15.1. The van der Waals surface area contributed by atoms with E-state index in [0.717, 1.165) is 23.3 Å². The van der Waals surface area contributed by atoms with E-state index in [-0.39, 0.29) is 18.3 Å². The fourth-order valence-corrected chi connectivity index (χ4v) is 3.32. The van der Waals surface area contributed by atoms with Gasteiger partial charge in [0.25, 0.3) is 0 Å². The molecule has 0 atom stereocenters. The lowest BCUT2D eigenvalue weighted by Crippen LogP contribution is -2.19. The van der Waals surface area contributed by atoms with Gasteiger partial charge >= 0.3 is 0 Å². The molecule has 0 radical (unpaired) electrons. The van der Waals surface area contributed by atoms with Crippen LogP contribution in [0.1, 0.15) is 12.5 Å². The summed E-state index contributed by atoms with van der Waals surface area (Å²) in [6.45, 7) is 2.07. The maximum Gasteiger partial charge on any atom is 0.246 e. The number of ether oxygens (including phenoxy) is 1. The van der Waals surface area contributed by atoms with E-state index in [1.54, 1.807) is 17.7 Å². The lowest BCUT2D eigenvalue weighted by Gasteiger charge is -2.07. The van der Waals surface area contributed by atoms with Crippen LogP contribution in [0.3, 0.4) is 0 Å². The molecule has 0 bridgehead atoms. The number of carbonyl (C=O) groups is 1. The van der Waals surface area contributed by atoms with Gasteiger partial charge in [0.05, 0.1) is 7.11 Å². The summed E-state index contributed by atoms with van der Waals surface area (Å²) < 4.78 is 12.4. The Labute approximate surface area is 183 Å². The summed E-state index contributed by atoms with van der Waals surface area (Å²) in [4.78, 5) is 12.6. The smallest absolute Gasteiger partial charge is 0.246 e. The molecule has 2 aromatic heterocycles. The van der Waals surface area contributed by atoms with E-state index < -0.39 is 0 Å². The van der Waals surface area contributed by atoms with Gasteiger partial charge in [0, 0.05) is 17.2 Å². The summed E-state index contributed by atoms with van der Waals surface area (Å²) in [6.07, 6.45) is 0.968. The Bertz CT molecular complexity index is 1240. The molecular formula is C22H21N5O3S. The van der Waals surface area contributed by atoms with Gasteiger partial charge in [-0.05, 0) is 48.5 Å². The van der Waals surface area contributed by atoms with E-state index in [4.69, 9.17) is 21.5 Å². The van der Waals surface area contributed by atoms with E-state index >= 15 is 0 Å². The molecule has 31 heavy (non-hydrogen) atoms. The minimum absolute atomic E-state index is 0.0298. The van der Waals surface area contributed by atoms with Crippen LogP contribution in [-0.2, 0) is 17.8 Å². The number of H-pyrrole nitrogens is 1. The number of amides is 1. The number of aromatic nitrogens is 4. The molecule has 0 saturated heterocycles. The van der Waals surface area contributed by atoms with Gasteiger partial charge < -0.3 is 9.26 Å². The van der Waals surface area contributed by atoms with Gasteiger partial charge in [-0.2, -0.15) is 5.10 Å². The Morgan fingerprint density at radius 1 is 1.16 bits per heavy atom. The topological polar surface area (TPSA) is 98.0 Å². The number of hydrogen-bond acceptors (Lipinski definition) is 6. The maximum atomic E-state index is 12.6. The Balaban J connectivity index is 1.47. The number of rotatable bonds is 7. The molecule has 0 spiro atoms. The van der Waals surface area contributed by atoms with Crippen molar-refractivity contribution < 1.29 is 14.1 Å². The molecule has 4 aromatic rings. The number of benzene rings is 2. The zero-order chi connectivity index (χ0) is 21.8. The molecule has 2 heterocycles. The lowest BCUT2D eigenvalue weighted by atomic mass is 10.1. The minimum Gasteiger partial charge on any atom is -0.497 e. The summed E-state index contributed by atoms with van der Waals surface area (Å²) in [5.74, 6) is 1.24. The van der Waals surface area contributed by atoms with Crippen LogP contribution in [0.5, 0.6) is 5.75 Å². The Kier molecular flexibility index (Phi) is 5.94. The van der Waals surface area contributed by atoms with Crippen LogP contribution in [0.25, 0.3) is 22.6 Å². The Hall–Kier alpha value is -3.72. The van der Waals surface area contributed by atoms with Crippen LogP contribution < -0.4 is 10.1 Å². The van der Waals surface area contributed by atoms with Gasteiger partial charge in [-0.1, -0.05) is 36.3 Å². The van der Waals surface area contributed by atoms with Gasteiger partial charge in [0.1, 0.15) is 18.0 Å². The SMILES string of the molecule is CCc1ccc(-c2cc(NC(=O)Cn3c(-c4ccc(OC)cc4)n[nH]c3=S)on2)cc1. The molecule has 0 saturated carbocycles. The van der Waals surface area contributed by atoms with Crippen LogP contribution in [0.4, 0.5) is 5.88 Å². The number of hydrogen-bond donors (Lipinski definition) is 2. The molecule has 4 rings (SSSR count). The van der Waals surface area contributed by atoms with Crippen molar-refractivity contribution in [2.45, 2.75) is 19.9 Å². The van der Waals surface area contributed by atoms with Crippen molar-refractivity contribution in [2.24, 2.45) is 0 Å². The van der Waals surface area contributed by atoms with Gasteiger partial charge in [0.15, 0.2) is 10.6 Å². The van der Waals surface area contributed by atoms with Crippen molar-refractivity contribution in [3.63, 3.8) is 0 Å². The molecule has 0 aliphatic heterocycles. The summed E-state index contributed by atoms with van der Waals surface area (Å²) >= 11 is 5.30. The summed E-state index contributed by atoms with van der Waals surface area (Å²) in [6, 6.07) is 17.1. The predicted octanol–water partition coefficient (Wildman–Crippen LogP) is 4.47. The van der Waals surface area contributed by atoms with E-state index in [1.807, 2.05) is 48.5 Å². The lowest BCUT2D eigenvalue weighted by molar-refractivity contribution is -0.116. The monoisotopic (exact) mass is 435 g/mol. The number of carbonyl (C=O) groups excluding carboxylic acids is 1. The third-order valence-electron chi connectivity index (χ3n) is 4.84. The van der Waals surface area contributed by atoms with Gasteiger partial charge in [0.2, 0.25) is 11.8 Å². The zero-order valence-electron chi connectivity index (χ0n) is 17.1. The van der Waals surface area contributed by atoms with Crippen molar-refractivity contribution in [1.82, 2.24) is 19.9 Å². The van der Waals surface area contributed by atoms with Gasteiger partial charge in [-0.3, -0.25) is 19.8 Å². The highest BCUT2D eigenvalue weighted by molar-refractivity contribution is 7.71. The fraction of sp³-hybridized carbons (Fsp3) is 0.182. The quantitative estimate of drug-likeness (QED) is 0.416. The summed E-state index contributed by atoms with van der Waals surface area (Å²) in [5, 5.41) is 13.7. The minimum atomic E-state index is -0.309. The number of aryl methyl sites for hydroxylation is 1. The summed E-state index contributed by atoms with van der Waals surface area (Å²) in [5.41, 5.74) is 3.61. The Morgan fingerprint density at radius 3 is 2.55 bits per heavy atom. The number of methoxy groups -OCH3 is 1. The van der Waals surface area contributed by atoms with Crippen LogP contribution in [0.2, 0.25) is 0 Å². The van der Waals surface area contributed by atoms with Crippen LogP contribution >= 0.6 is 12.2 Å². The molecular weight excluding hydrogens is 414 g/mol. The number of nitrogens with one attached hydrogen (secondary N) is 2. The highest BCUT2D eigenvalue weighted by Crippen LogP contribution is 2.23. The molecule has 8 nitrogen and oxygen atoms in total. The largest absolute Gasteiger partial charge is 0.497 e. The molecule has 0 aliphatic rings. The van der Waals surface area contributed by atoms with Crippen molar-refractivity contribution >= 4 is 24.0 Å². The normalized spacial score (nSPS) is 10.8. The van der Waals surface area contributed by atoms with E-state index in [9.17, 15) is 4.79 Å². The number of aromatic amines is 1. The first-order valence-electron chi connectivity index (χ1n) is 9.73. The molecule has 0 fully saturated rings. The molecule has 2 aromatic carbocycles. The fourth-order valence-electron chi connectivity index (χ4n) is 3.13. The second-order valence-corrected chi connectivity index (χ2v) is 7.23. The summed E-state index contributed by atoms with van der Waals surface area (Å²) in [7, 11) is 1.60. The maximum absolute atomic E-state index is 12.6. The third-order valence-corrected chi connectivity index (χ3v) is 5.15. The van der Waals surface area contributed by atoms with E-state index in [2.05, 4.69) is 27.6 Å². The van der Waals surface area contributed by atoms with E-state index in [0.29, 0.717) is 16.3 Å². The highest BCUT2D eigenvalue weighted by atomic mass is 32.1. The van der Waals surface area contributed by atoms with Crippen LogP contribution in [0.15, 0.2) is 59.1 Å². The zero-order valence-corrected chi connectivity index (χ0v) is 17.9. The molecule has 2 N–H and O–H groups in total. The molecule has 158 valence electrons.